The first-order chi connectivity index (χ1) is 9.49. The molecule has 2 fully saturated rings. The summed E-state index contributed by atoms with van der Waals surface area (Å²) in [6.07, 6.45) is -1.07. The van der Waals surface area contributed by atoms with E-state index in [1.807, 2.05) is 0 Å². The highest BCUT2D eigenvalue weighted by atomic mass is 79.9. The van der Waals surface area contributed by atoms with Crippen LogP contribution in [0.25, 0.3) is 0 Å². The Morgan fingerprint density at radius 2 is 1.90 bits per heavy atom. The van der Waals surface area contributed by atoms with Gasteiger partial charge in [-0.1, -0.05) is 34.1 Å². The molecular formula is C13H15BrO5S. The number of halogens is 1. The second kappa shape index (κ2) is 5.38. The number of hydrogen-bond acceptors (Lipinski definition) is 5. The summed E-state index contributed by atoms with van der Waals surface area (Å²) in [6.45, 7) is 2.47. The van der Waals surface area contributed by atoms with Crippen LogP contribution in [-0.2, 0) is 23.8 Å². The Bertz CT molecular complexity index is 603. The van der Waals surface area contributed by atoms with Crippen molar-refractivity contribution in [2.24, 2.45) is 0 Å². The number of rotatable bonds is 3. The Labute approximate surface area is 126 Å². The minimum Gasteiger partial charge on any atom is -0.371 e. The van der Waals surface area contributed by atoms with Crippen molar-refractivity contribution in [3.05, 3.63) is 29.8 Å². The van der Waals surface area contributed by atoms with E-state index in [9.17, 15) is 8.42 Å². The van der Waals surface area contributed by atoms with Crippen LogP contribution in [-0.4, -0.2) is 44.8 Å². The van der Waals surface area contributed by atoms with E-state index >= 15 is 0 Å². The summed E-state index contributed by atoms with van der Waals surface area (Å²) in [5.74, 6) is 0. The van der Waals surface area contributed by atoms with Gasteiger partial charge in [0.1, 0.15) is 18.3 Å². The first-order valence-corrected chi connectivity index (χ1v) is 8.67. The first kappa shape index (κ1) is 14.5. The molecular weight excluding hydrogens is 348 g/mol. The van der Waals surface area contributed by atoms with Gasteiger partial charge in [0.2, 0.25) is 0 Å². The number of fused-ring (bicyclic) bond motifs is 1. The molecule has 1 aromatic carbocycles. The Hall–Kier alpha value is -0.470. The van der Waals surface area contributed by atoms with Crippen molar-refractivity contribution < 1.29 is 22.1 Å². The van der Waals surface area contributed by atoms with E-state index in [4.69, 9.17) is 13.7 Å². The van der Waals surface area contributed by atoms with Gasteiger partial charge in [0.05, 0.1) is 22.9 Å². The lowest BCUT2D eigenvalue weighted by Crippen LogP contribution is -2.33. The number of ether oxygens (including phenoxy) is 2. The van der Waals surface area contributed by atoms with Gasteiger partial charge >= 0.3 is 0 Å². The SMILES string of the molecule is Cc1ccccc1S(=O)(=O)O[C@H]1CO[C@H]2[C@@H]1OC[C@@H]2Br. The molecule has 20 heavy (non-hydrogen) atoms. The Kier molecular flexibility index (Phi) is 3.89. The van der Waals surface area contributed by atoms with Crippen LogP contribution >= 0.6 is 15.9 Å². The fraction of sp³-hybridized carbons (Fsp3) is 0.538. The summed E-state index contributed by atoms with van der Waals surface area (Å²) >= 11 is 3.45. The molecule has 0 N–H and O–H groups in total. The second-order valence-electron chi connectivity index (χ2n) is 4.97. The van der Waals surface area contributed by atoms with Gasteiger partial charge in [0.25, 0.3) is 10.1 Å². The average Bonchev–Trinajstić information content (AvgIpc) is 2.94. The highest BCUT2D eigenvalue weighted by Gasteiger charge is 2.49. The number of aryl methyl sites for hydroxylation is 1. The van der Waals surface area contributed by atoms with E-state index in [0.29, 0.717) is 12.2 Å². The van der Waals surface area contributed by atoms with Crippen LogP contribution in [0, 0.1) is 6.92 Å². The molecule has 4 atom stereocenters. The van der Waals surface area contributed by atoms with E-state index in [1.165, 1.54) is 0 Å². The Morgan fingerprint density at radius 3 is 2.65 bits per heavy atom. The van der Waals surface area contributed by atoms with E-state index in [-0.39, 0.29) is 28.5 Å². The maximum absolute atomic E-state index is 12.3. The van der Waals surface area contributed by atoms with Crippen molar-refractivity contribution in [1.82, 2.24) is 0 Å². The average molecular weight is 363 g/mol. The first-order valence-electron chi connectivity index (χ1n) is 6.35. The van der Waals surface area contributed by atoms with Crippen LogP contribution in [0.15, 0.2) is 29.2 Å². The quantitative estimate of drug-likeness (QED) is 0.604. The van der Waals surface area contributed by atoms with E-state index in [2.05, 4.69) is 15.9 Å². The highest BCUT2D eigenvalue weighted by Crippen LogP contribution is 2.34. The topological polar surface area (TPSA) is 61.8 Å². The summed E-state index contributed by atoms with van der Waals surface area (Å²) in [6, 6.07) is 6.75. The maximum atomic E-state index is 12.3. The van der Waals surface area contributed by atoms with Crippen LogP contribution in [0.1, 0.15) is 5.56 Å². The molecule has 3 rings (SSSR count). The van der Waals surface area contributed by atoms with E-state index in [0.717, 1.165) is 0 Å². The molecule has 1 aromatic rings. The molecule has 2 aliphatic rings. The smallest absolute Gasteiger partial charge is 0.297 e. The molecule has 7 heteroatoms. The fourth-order valence-electron chi connectivity index (χ4n) is 2.55. The molecule has 0 unspecified atom stereocenters. The molecule has 5 nitrogen and oxygen atoms in total. The molecule has 0 amide bonds. The van der Waals surface area contributed by atoms with Gasteiger partial charge in [-0.15, -0.1) is 0 Å². The minimum atomic E-state index is -3.81. The normalized spacial score (nSPS) is 33.3. The zero-order chi connectivity index (χ0) is 14.3. The highest BCUT2D eigenvalue weighted by molar-refractivity contribution is 9.09. The number of alkyl halides is 1. The molecule has 2 heterocycles. The zero-order valence-corrected chi connectivity index (χ0v) is 13.3. The molecule has 0 bridgehead atoms. The van der Waals surface area contributed by atoms with Gasteiger partial charge in [0.15, 0.2) is 0 Å². The van der Waals surface area contributed by atoms with Crippen molar-refractivity contribution in [2.75, 3.05) is 13.2 Å². The Balaban J connectivity index is 1.80. The predicted molar refractivity (Wildman–Crippen MR) is 75.4 cm³/mol. The van der Waals surface area contributed by atoms with Gasteiger partial charge < -0.3 is 9.47 Å². The zero-order valence-electron chi connectivity index (χ0n) is 10.9. The van der Waals surface area contributed by atoms with Crippen molar-refractivity contribution in [3.63, 3.8) is 0 Å². The third-order valence-corrected chi connectivity index (χ3v) is 5.84. The Morgan fingerprint density at radius 1 is 1.20 bits per heavy atom. The van der Waals surface area contributed by atoms with Crippen LogP contribution in [0.4, 0.5) is 0 Å². The van der Waals surface area contributed by atoms with Gasteiger partial charge in [-0.2, -0.15) is 8.42 Å². The van der Waals surface area contributed by atoms with Crippen molar-refractivity contribution in [1.29, 1.82) is 0 Å². The number of hydrogen-bond donors (Lipinski definition) is 0. The largest absolute Gasteiger partial charge is 0.371 e. The fourth-order valence-corrected chi connectivity index (χ4v) is 4.46. The lowest BCUT2D eigenvalue weighted by Gasteiger charge is -2.17. The molecule has 110 valence electrons. The molecule has 0 aliphatic carbocycles. The molecule has 0 aromatic heterocycles. The number of benzene rings is 1. The van der Waals surface area contributed by atoms with Gasteiger partial charge in [-0.3, -0.25) is 4.18 Å². The minimum absolute atomic E-state index is 0.0854. The lowest BCUT2D eigenvalue weighted by atomic mass is 10.1. The molecule has 0 spiro atoms. The summed E-state index contributed by atoms with van der Waals surface area (Å²) in [5.41, 5.74) is 0.661. The van der Waals surface area contributed by atoms with Crippen LogP contribution in [0.5, 0.6) is 0 Å². The molecule has 0 radical (unpaired) electrons. The standard InChI is InChI=1S/C13H15BrO5S/c1-8-4-2-3-5-11(8)20(15,16)19-10-7-18-12-9(14)6-17-13(10)12/h2-5,9-10,12-13H,6-7H2,1H3/t9-,10-,12+,13+/m0/s1. The third kappa shape index (κ3) is 2.53. The van der Waals surface area contributed by atoms with Crippen LogP contribution < -0.4 is 0 Å². The molecule has 2 saturated heterocycles. The molecule has 0 saturated carbocycles. The summed E-state index contributed by atoms with van der Waals surface area (Å²) in [7, 11) is -3.81. The lowest BCUT2D eigenvalue weighted by molar-refractivity contribution is 0.0337. The second-order valence-corrected chi connectivity index (χ2v) is 7.68. The molecule has 2 aliphatic heterocycles. The van der Waals surface area contributed by atoms with Gasteiger partial charge in [-0.25, -0.2) is 0 Å². The van der Waals surface area contributed by atoms with Crippen molar-refractivity contribution in [2.45, 2.75) is 35.0 Å². The maximum Gasteiger partial charge on any atom is 0.297 e. The third-order valence-electron chi connectivity index (χ3n) is 3.56. The predicted octanol–water partition coefficient (Wildman–Crippen LogP) is 1.63. The van der Waals surface area contributed by atoms with Crippen molar-refractivity contribution in [3.8, 4) is 0 Å². The summed E-state index contributed by atoms with van der Waals surface area (Å²) in [4.78, 5) is 0.277. The van der Waals surface area contributed by atoms with Crippen molar-refractivity contribution >= 4 is 26.0 Å². The van der Waals surface area contributed by atoms with E-state index < -0.39 is 16.2 Å². The van der Waals surface area contributed by atoms with Gasteiger partial charge in [-0.05, 0) is 18.6 Å². The van der Waals surface area contributed by atoms with Crippen LogP contribution in [0.2, 0.25) is 0 Å². The summed E-state index contributed by atoms with van der Waals surface area (Å²) in [5, 5.41) is 0. The van der Waals surface area contributed by atoms with Gasteiger partial charge in [0, 0.05) is 0 Å². The van der Waals surface area contributed by atoms with Crippen LogP contribution in [0.3, 0.4) is 0 Å². The summed E-state index contributed by atoms with van der Waals surface area (Å²) < 4.78 is 41.1. The van der Waals surface area contributed by atoms with E-state index in [1.54, 1.807) is 31.2 Å². The monoisotopic (exact) mass is 362 g/mol.